The van der Waals surface area contributed by atoms with Gasteiger partial charge in [-0.1, -0.05) is 47.1 Å². The summed E-state index contributed by atoms with van der Waals surface area (Å²) in [7, 11) is 0. The molecular formula is C24H23N3O2. The second-order valence-electron chi connectivity index (χ2n) is 7.20. The summed E-state index contributed by atoms with van der Waals surface area (Å²) in [5.41, 5.74) is 12.7. The third-order valence-corrected chi connectivity index (χ3v) is 4.94. The topological polar surface area (TPSA) is 74.2 Å². The van der Waals surface area contributed by atoms with Crippen molar-refractivity contribution in [3.8, 4) is 28.6 Å². The van der Waals surface area contributed by atoms with Gasteiger partial charge in [0.15, 0.2) is 0 Å². The third kappa shape index (κ3) is 3.99. The van der Waals surface area contributed by atoms with Crippen LogP contribution in [0.25, 0.3) is 22.8 Å². The van der Waals surface area contributed by atoms with Gasteiger partial charge in [-0.3, -0.25) is 0 Å². The lowest BCUT2D eigenvalue weighted by Gasteiger charge is -2.10. The molecule has 0 aliphatic carbocycles. The molecule has 5 nitrogen and oxygen atoms in total. The van der Waals surface area contributed by atoms with Gasteiger partial charge < -0.3 is 15.0 Å². The van der Waals surface area contributed by atoms with E-state index in [0.717, 1.165) is 33.6 Å². The molecule has 146 valence electrons. The van der Waals surface area contributed by atoms with E-state index >= 15 is 0 Å². The fourth-order valence-electron chi connectivity index (χ4n) is 3.26. The van der Waals surface area contributed by atoms with Crippen LogP contribution in [0.15, 0.2) is 65.2 Å². The minimum absolute atomic E-state index is 0.465. The van der Waals surface area contributed by atoms with Crippen LogP contribution in [0.1, 0.15) is 22.3 Å². The molecule has 1 heterocycles. The Hall–Kier alpha value is -3.60. The Labute approximate surface area is 170 Å². The molecule has 29 heavy (non-hydrogen) atoms. The zero-order valence-corrected chi connectivity index (χ0v) is 16.8. The maximum Gasteiger partial charge on any atom is 0.258 e. The maximum atomic E-state index is 6.00. The highest BCUT2D eigenvalue weighted by atomic mass is 16.5. The molecule has 1 aromatic heterocycles. The predicted molar refractivity (Wildman–Crippen MR) is 115 cm³/mol. The van der Waals surface area contributed by atoms with Crippen molar-refractivity contribution in [3.63, 3.8) is 0 Å². The van der Waals surface area contributed by atoms with Gasteiger partial charge in [0.2, 0.25) is 5.82 Å². The molecule has 0 bridgehead atoms. The third-order valence-electron chi connectivity index (χ3n) is 4.94. The Morgan fingerprint density at radius 1 is 0.966 bits per heavy atom. The summed E-state index contributed by atoms with van der Waals surface area (Å²) in [6.07, 6.45) is 0. The lowest BCUT2D eigenvalue weighted by Crippen LogP contribution is -1.97. The number of nitrogens with two attached hydrogens (primary N) is 1. The fraction of sp³-hybridized carbons (Fsp3) is 0.167. The normalized spacial score (nSPS) is 10.9. The zero-order valence-electron chi connectivity index (χ0n) is 16.8. The van der Waals surface area contributed by atoms with Crippen molar-refractivity contribution in [1.29, 1.82) is 0 Å². The molecule has 0 atom stereocenters. The van der Waals surface area contributed by atoms with Crippen molar-refractivity contribution in [1.82, 2.24) is 10.1 Å². The maximum absolute atomic E-state index is 6.00. The molecule has 4 aromatic rings. The van der Waals surface area contributed by atoms with Gasteiger partial charge >= 0.3 is 0 Å². The number of benzene rings is 3. The van der Waals surface area contributed by atoms with E-state index in [-0.39, 0.29) is 0 Å². The van der Waals surface area contributed by atoms with Crippen LogP contribution in [0.3, 0.4) is 0 Å². The molecule has 0 aliphatic heterocycles. The van der Waals surface area contributed by atoms with Crippen LogP contribution in [0.2, 0.25) is 0 Å². The molecule has 0 amide bonds. The van der Waals surface area contributed by atoms with Crippen LogP contribution in [0, 0.1) is 20.8 Å². The van der Waals surface area contributed by atoms with Crippen molar-refractivity contribution < 1.29 is 9.26 Å². The number of aryl methyl sites for hydroxylation is 2. The molecule has 0 radical (unpaired) electrons. The first-order chi connectivity index (χ1) is 14.0. The van der Waals surface area contributed by atoms with Crippen LogP contribution >= 0.6 is 0 Å². The quantitative estimate of drug-likeness (QED) is 0.460. The lowest BCUT2D eigenvalue weighted by molar-refractivity contribution is 0.304. The van der Waals surface area contributed by atoms with E-state index < -0.39 is 0 Å². The van der Waals surface area contributed by atoms with Crippen molar-refractivity contribution in [3.05, 3.63) is 82.9 Å². The van der Waals surface area contributed by atoms with Gasteiger partial charge in [-0.25, -0.2) is 0 Å². The number of ether oxygens (including phenoxy) is 1. The molecule has 0 saturated carbocycles. The average molecular weight is 385 g/mol. The second-order valence-corrected chi connectivity index (χ2v) is 7.20. The van der Waals surface area contributed by atoms with Gasteiger partial charge in [-0.05, 0) is 61.7 Å². The van der Waals surface area contributed by atoms with E-state index in [9.17, 15) is 0 Å². The van der Waals surface area contributed by atoms with Crippen molar-refractivity contribution in [2.45, 2.75) is 27.4 Å². The highest BCUT2D eigenvalue weighted by Gasteiger charge is 2.14. The summed E-state index contributed by atoms with van der Waals surface area (Å²) in [5, 5.41) is 4.13. The Morgan fingerprint density at radius 3 is 2.62 bits per heavy atom. The molecular weight excluding hydrogens is 362 g/mol. The molecule has 0 spiro atoms. The first kappa shape index (κ1) is 18.7. The number of anilines is 1. The zero-order chi connectivity index (χ0) is 20.4. The fourth-order valence-corrected chi connectivity index (χ4v) is 3.26. The molecule has 3 aromatic carbocycles. The predicted octanol–water partition coefficient (Wildman–Crippen LogP) is 5.49. The highest BCUT2D eigenvalue weighted by Crippen LogP contribution is 2.28. The molecule has 5 heteroatoms. The van der Waals surface area contributed by atoms with Crippen LogP contribution in [0.4, 0.5) is 5.69 Å². The van der Waals surface area contributed by atoms with E-state index in [1.807, 2.05) is 55.5 Å². The molecule has 2 N–H and O–H groups in total. The van der Waals surface area contributed by atoms with E-state index in [1.54, 1.807) is 0 Å². The summed E-state index contributed by atoms with van der Waals surface area (Å²) in [6, 6.07) is 19.8. The average Bonchev–Trinajstić information content (AvgIpc) is 3.20. The Balaban J connectivity index is 1.55. The lowest BCUT2D eigenvalue weighted by atomic mass is 10.1. The van der Waals surface area contributed by atoms with Crippen molar-refractivity contribution in [2.24, 2.45) is 0 Å². The minimum atomic E-state index is 0.465. The summed E-state index contributed by atoms with van der Waals surface area (Å²) >= 11 is 0. The van der Waals surface area contributed by atoms with Gasteiger partial charge in [-0.2, -0.15) is 4.98 Å². The molecule has 0 aliphatic rings. The number of hydrogen-bond donors (Lipinski definition) is 1. The van der Waals surface area contributed by atoms with Gasteiger partial charge in [0.05, 0.1) is 0 Å². The molecule has 0 unspecified atom stereocenters. The summed E-state index contributed by atoms with van der Waals surface area (Å²) in [4.78, 5) is 4.56. The van der Waals surface area contributed by atoms with Crippen LogP contribution in [-0.2, 0) is 6.61 Å². The monoisotopic (exact) mass is 385 g/mol. The highest BCUT2D eigenvalue weighted by molar-refractivity contribution is 5.69. The van der Waals surface area contributed by atoms with E-state index in [4.69, 9.17) is 15.0 Å². The Bertz CT molecular complexity index is 1160. The largest absolute Gasteiger partial charge is 0.489 e. The molecule has 0 fully saturated rings. The first-order valence-electron chi connectivity index (χ1n) is 9.50. The summed E-state index contributed by atoms with van der Waals surface area (Å²) in [5.74, 6) is 1.88. The smallest absolute Gasteiger partial charge is 0.258 e. The number of nitrogens with zero attached hydrogens (tertiary/aromatic N) is 2. The Kier molecular flexibility index (Phi) is 5.04. The number of rotatable bonds is 5. The second kappa shape index (κ2) is 7.80. The number of nitrogen functional groups attached to an aromatic ring is 1. The van der Waals surface area contributed by atoms with Crippen molar-refractivity contribution >= 4 is 5.69 Å². The molecule has 0 saturated heterocycles. The van der Waals surface area contributed by atoms with Gasteiger partial charge in [0.25, 0.3) is 5.89 Å². The first-order valence-corrected chi connectivity index (χ1v) is 9.50. The summed E-state index contributed by atoms with van der Waals surface area (Å²) < 4.78 is 11.5. The summed E-state index contributed by atoms with van der Waals surface area (Å²) in [6.45, 7) is 6.54. The van der Waals surface area contributed by atoms with Gasteiger partial charge in [0, 0.05) is 16.8 Å². The minimum Gasteiger partial charge on any atom is -0.489 e. The number of hydrogen-bond acceptors (Lipinski definition) is 5. The van der Waals surface area contributed by atoms with Gasteiger partial charge in [-0.15, -0.1) is 0 Å². The number of aromatic nitrogens is 2. The molecule has 4 rings (SSSR count). The van der Waals surface area contributed by atoms with E-state index in [2.05, 4.69) is 36.1 Å². The van der Waals surface area contributed by atoms with Gasteiger partial charge in [0.1, 0.15) is 12.4 Å². The standard InChI is InChI=1S/C24H23N3O2/c1-15-10-11-22(16(2)12-15)28-14-18-6-4-7-19(13-18)24-26-23(27-29-24)20-8-5-9-21(25)17(20)3/h4-13H,14,25H2,1-3H3. The SMILES string of the molecule is Cc1ccc(OCc2cccc(-c3nc(-c4cccc(N)c4C)no3)c2)c(C)c1. The van der Waals surface area contributed by atoms with E-state index in [1.165, 1.54) is 5.56 Å². The van der Waals surface area contributed by atoms with Crippen LogP contribution in [-0.4, -0.2) is 10.1 Å². The van der Waals surface area contributed by atoms with Crippen LogP contribution in [0.5, 0.6) is 5.75 Å². The van der Waals surface area contributed by atoms with Crippen molar-refractivity contribution in [2.75, 3.05) is 5.73 Å². The van der Waals surface area contributed by atoms with Crippen LogP contribution < -0.4 is 10.5 Å². The Morgan fingerprint density at radius 2 is 1.79 bits per heavy atom. The van der Waals surface area contributed by atoms with E-state index in [0.29, 0.717) is 24.0 Å².